The number of morpholine rings is 1. The zero-order valence-corrected chi connectivity index (χ0v) is 12.1. The minimum absolute atomic E-state index is 0.282. The van der Waals surface area contributed by atoms with E-state index in [0.717, 1.165) is 37.8 Å². The third kappa shape index (κ3) is 2.75. The standard InChI is InChI=1S/C15H22N2O3/c1-11-9-18-6-5-17(11)8-13(16-2)12-3-4-14-15(7-12)20-10-19-14/h3-4,7,11,13,16H,5-6,8-10H2,1-2H3. The molecular weight excluding hydrogens is 256 g/mol. The molecule has 0 aliphatic carbocycles. The van der Waals surface area contributed by atoms with Crippen LogP contribution in [0.15, 0.2) is 18.2 Å². The van der Waals surface area contributed by atoms with Gasteiger partial charge in [-0.3, -0.25) is 4.90 Å². The molecule has 0 aromatic heterocycles. The summed E-state index contributed by atoms with van der Waals surface area (Å²) in [6, 6.07) is 6.93. The zero-order valence-electron chi connectivity index (χ0n) is 12.1. The second-order valence-corrected chi connectivity index (χ2v) is 5.37. The molecule has 1 saturated heterocycles. The predicted molar refractivity (Wildman–Crippen MR) is 76.2 cm³/mol. The van der Waals surface area contributed by atoms with Crippen LogP contribution in [-0.2, 0) is 4.74 Å². The SMILES string of the molecule is CNC(CN1CCOCC1C)c1ccc2c(c1)OCO2. The Bertz CT molecular complexity index is 466. The molecule has 0 saturated carbocycles. The van der Waals surface area contributed by atoms with Crippen molar-refractivity contribution in [3.8, 4) is 11.5 Å². The fraction of sp³-hybridized carbons (Fsp3) is 0.600. The maximum atomic E-state index is 5.49. The van der Waals surface area contributed by atoms with Crippen molar-refractivity contribution in [3.05, 3.63) is 23.8 Å². The van der Waals surface area contributed by atoms with Gasteiger partial charge in [0.05, 0.1) is 13.2 Å². The molecular formula is C15H22N2O3. The van der Waals surface area contributed by atoms with Crippen LogP contribution >= 0.6 is 0 Å². The van der Waals surface area contributed by atoms with E-state index < -0.39 is 0 Å². The van der Waals surface area contributed by atoms with Crippen LogP contribution in [-0.4, -0.2) is 51.1 Å². The fourth-order valence-corrected chi connectivity index (χ4v) is 2.76. The average molecular weight is 278 g/mol. The highest BCUT2D eigenvalue weighted by molar-refractivity contribution is 5.45. The van der Waals surface area contributed by atoms with Crippen LogP contribution in [0.25, 0.3) is 0 Å². The minimum Gasteiger partial charge on any atom is -0.454 e. The number of hydrogen-bond acceptors (Lipinski definition) is 5. The molecule has 5 nitrogen and oxygen atoms in total. The number of benzene rings is 1. The number of ether oxygens (including phenoxy) is 3. The molecule has 2 atom stereocenters. The predicted octanol–water partition coefficient (Wildman–Crippen LogP) is 1.40. The van der Waals surface area contributed by atoms with E-state index in [1.807, 2.05) is 13.1 Å². The molecule has 1 aromatic rings. The summed E-state index contributed by atoms with van der Waals surface area (Å²) in [5.41, 5.74) is 1.23. The molecule has 2 aliphatic rings. The number of rotatable bonds is 4. The minimum atomic E-state index is 0.282. The molecule has 3 rings (SSSR count). The molecule has 2 unspecified atom stereocenters. The fourth-order valence-electron chi connectivity index (χ4n) is 2.76. The van der Waals surface area contributed by atoms with Gasteiger partial charge < -0.3 is 19.5 Å². The number of nitrogens with zero attached hydrogens (tertiary/aromatic N) is 1. The monoisotopic (exact) mass is 278 g/mol. The second-order valence-electron chi connectivity index (χ2n) is 5.37. The van der Waals surface area contributed by atoms with Gasteiger partial charge in [0, 0.05) is 25.2 Å². The zero-order chi connectivity index (χ0) is 13.9. The van der Waals surface area contributed by atoms with E-state index in [1.165, 1.54) is 5.56 Å². The summed E-state index contributed by atoms with van der Waals surface area (Å²) in [4.78, 5) is 2.47. The van der Waals surface area contributed by atoms with E-state index in [9.17, 15) is 0 Å². The van der Waals surface area contributed by atoms with Crippen LogP contribution in [0.2, 0.25) is 0 Å². The summed E-state index contributed by atoms with van der Waals surface area (Å²) in [5, 5.41) is 3.40. The first-order chi connectivity index (χ1) is 9.78. The summed E-state index contributed by atoms with van der Waals surface area (Å²) in [7, 11) is 2.00. The number of likely N-dealkylation sites (N-methyl/N-ethyl adjacent to an activating group) is 1. The van der Waals surface area contributed by atoms with Crippen LogP contribution in [0.5, 0.6) is 11.5 Å². The van der Waals surface area contributed by atoms with Gasteiger partial charge in [0.2, 0.25) is 6.79 Å². The molecule has 0 bridgehead atoms. The molecule has 0 amide bonds. The first kappa shape index (κ1) is 13.7. The van der Waals surface area contributed by atoms with Crippen LogP contribution in [0.1, 0.15) is 18.5 Å². The summed E-state index contributed by atoms with van der Waals surface area (Å²) in [5.74, 6) is 1.68. The number of nitrogens with one attached hydrogen (secondary N) is 1. The Morgan fingerprint density at radius 2 is 2.20 bits per heavy atom. The summed E-state index contributed by atoms with van der Waals surface area (Å²) >= 11 is 0. The average Bonchev–Trinajstić information content (AvgIpc) is 2.94. The van der Waals surface area contributed by atoms with Gasteiger partial charge in [-0.25, -0.2) is 0 Å². The van der Waals surface area contributed by atoms with Gasteiger partial charge in [0.1, 0.15) is 0 Å². The first-order valence-electron chi connectivity index (χ1n) is 7.16. The van der Waals surface area contributed by atoms with Gasteiger partial charge in [0.25, 0.3) is 0 Å². The maximum absolute atomic E-state index is 5.49. The normalized spacial score (nSPS) is 23.8. The Labute approximate surface area is 119 Å². The van der Waals surface area contributed by atoms with Crippen molar-refractivity contribution in [3.63, 3.8) is 0 Å². The van der Waals surface area contributed by atoms with E-state index >= 15 is 0 Å². The van der Waals surface area contributed by atoms with Gasteiger partial charge >= 0.3 is 0 Å². The van der Waals surface area contributed by atoms with Crippen molar-refractivity contribution >= 4 is 0 Å². The van der Waals surface area contributed by atoms with Crippen LogP contribution in [0.4, 0.5) is 0 Å². The van der Waals surface area contributed by atoms with Crippen molar-refractivity contribution in [2.24, 2.45) is 0 Å². The van der Waals surface area contributed by atoms with Crippen molar-refractivity contribution in [2.45, 2.75) is 19.0 Å². The molecule has 5 heteroatoms. The van der Waals surface area contributed by atoms with Crippen molar-refractivity contribution in [2.75, 3.05) is 40.1 Å². The Hall–Kier alpha value is -1.30. The van der Waals surface area contributed by atoms with Crippen LogP contribution < -0.4 is 14.8 Å². The van der Waals surface area contributed by atoms with Crippen molar-refractivity contribution < 1.29 is 14.2 Å². The molecule has 110 valence electrons. The molecule has 1 N–H and O–H groups in total. The van der Waals surface area contributed by atoms with Crippen LogP contribution in [0, 0.1) is 0 Å². The van der Waals surface area contributed by atoms with Gasteiger partial charge in [-0.1, -0.05) is 6.07 Å². The van der Waals surface area contributed by atoms with E-state index in [-0.39, 0.29) is 6.04 Å². The molecule has 2 aliphatic heterocycles. The van der Waals surface area contributed by atoms with E-state index in [0.29, 0.717) is 12.8 Å². The molecule has 20 heavy (non-hydrogen) atoms. The quantitative estimate of drug-likeness (QED) is 0.902. The van der Waals surface area contributed by atoms with Crippen molar-refractivity contribution in [1.29, 1.82) is 0 Å². The largest absolute Gasteiger partial charge is 0.454 e. The highest BCUT2D eigenvalue weighted by Crippen LogP contribution is 2.34. The Morgan fingerprint density at radius 3 is 3.00 bits per heavy atom. The summed E-state index contributed by atoms with van der Waals surface area (Å²) in [6.45, 7) is 6.14. The second kappa shape index (κ2) is 5.99. The summed E-state index contributed by atoms with van der Waals surface area (Å²) < 4.78 is 16.3. The Morgan fingerprint density at radius 1 is 1.35 bits per heavy atom. The van der Waals surface area contributed by atoms with Gasteiger partial charge in [-0.15, -0.1) is 0 Å². The Balaban J connectivity index is 1.72. The lowest BCUT2D eigenvalue weighted by atomic mass is 10.0. The van der Waals surface area contributed by atoms with Gasteiger partial charge in [0.15, 0.2) is 11.5 Å². The Kier molecular flexibility index (Phi) is 4.10. The highest BCUT2D eigenvalue weighted by atomic mass is 16.7. The van der Waals surface area contributed by atoms with E-state index in [4.69, 9.17) is 14.2 Å². The first-order valence-corrected chi connectivity index (χ1v) is 7.16. The van der Waals surface area contributed by atoms with Crippen molar-refractivity contribution in [1.82, 2.24) is 10.2 Å². The van der Waals surface area contributed by atoms with Gasteiger partial charge in [-0.05, 0) is 31.7 Å². The molecule has 1 aromatic carbocycles. The molecule has 0 radical (unpaired) electrons. The topological polar surface area (TPSA) is 43.0 Å². The van der Waals surface area contributed by atoms with E-state index in [2.05, 4.69) is 29.3 Å². The molecule has 1 fully saturated rings. The number of fused-ring (bicyclic) bond motifs is 1. The lowest BCUT2D eigenvalue weighted by Gasteiger charge is -2.35. The lowest BCUT2D eigenvalue weighted by Crippen LogP contribution is -2.46. The highest BCUT2D eigenvalue weighted by Gasteiger charge is 2.23. The molecule has 2 heterocycles. The number of hydrogen-bond donors (Lipinski definition) is 1. The molecule has 0 spiro atoms. The van der Waals surface area contributed by atoms with Gasteiger partial charge in [-0.2, -0.15) is 0 Å². The third-order valence-corrected chi connectivity index (χ3v) is 4.07. The third-order valence-electron chi connectivity index (χ3n) is 4.07. The maximum Gasteiger partial charge on any atom is 0.231 e. The smallest absolute Gasteiger partial charge is 0.231 e. The summed E-state index contributed by atoms with van der Waals surface area (Å²) in [6.07, 6.45) is 0. The van der Waals surface area contributed by atoms with E-state index in [1.54, 1.807) is 0 Å². The van der Waals surface area contributed by atoms with Crippen LogP contribution in [0.3, 0.4) is 0 Å². The lowest BCUT2D eigenvalue weighted by molar-refractivity contribution is -0.00416.